The lowest BCUT2D eigenvalue weighted by atomic mass is 10.0. The minimum absolute atomic E-state index is 0.0384. The molecule has 2 atom stereocenters. The summed E-state index contributed by atoms with van der Waals surface area (Å²) in [4.78, 5) is 14.5. The van der Waals surface area contributed by atoms with E-state index in [4.69, 9.17) is 14.2 Å². The lowest BCUT2D eigenvalue weighted by Gasteiger charge is -2.46. The fourth-order valence-corrected chi connectivity index (χ4v) is 3.06. The Kier molecular flexibility index (Phi) is 4.31. The molecule has 1 aromatic rings. The lowest BCUT2D eigenvalue weighted by molar-refractivity contribution is -0.288. The van der Waals surface area contributed by atoms with Crippen molar-refractivity contribution in [3.8, 4) is 5.75 Å². The molecule has 2 unspecified atom stereocenters. The van der Waals surface area contributed by atoms with Crippen LogP contribution in [0.5, 0.6) is 5.75 Å². The summed E-state index contributed by atoms with van der Waals surface area (Å²) in [5.41, 5.74) is 0.618. The highest BCUT2D eigenvalue weighted by atomic mass is 79.9. The van der Waals surface area contributed by atoms with Gasteiger partial charge in [0.05, 0.1) is 25.2 Å². The number of ether oxygens (including phenoxy) is 3. The van der Waals surface area contributed by atoms with Crippen LogP contribution in [0.4, 0.5) is 0 Å². The normalized spacial score (nSPS) is 27.8. The Labute approximate surface area is 132 Å². The first-order valence-corrected chi connectivity index (χ1v) is 7.98. The second-order valence-electron chi connectivity index (χ2n) is 5.17. The van der Waals surface area contributed by atoms with Crippen molar-refractivity contribution in [2.45, 2.75) is 24.3 Å². The third-order valence-electron chi connectivity index (χ3n) is 3.68. The molecule has 1 fully saturated rings. The minimum Gasteiger partial charge on any atom is -0.447 e. The Bertz CT molecular complexity index is 530. The van der Waals surface area contributed by atoms with E-state index in [1.54, 1.807) is 6.07 Å². The van der Waals surface area contributed by atoms with Crippen molar-refractivity contribution in [1.29, 1.82) is 0 Å². The van der Waals surface area contributed by atoms with Gasteiger partial charge in [-0.05, 0) is 19.1 Å². The maximum Gasteiger partial charge on any atom is 0.281 e. The molecule has 0 saturated carbocycles. The minimum atomic E-state index is -1.06. The number of nitrogens with zero attached hydrogens (tertiary/aromatic N) is 1. The topological polar surface area (TPSA) is 48.0 Å². The van der Waals surface area contributed by atoms with Gasteiger partial charge in [0, 0.05) is 13.1 Å². The number of ketones is 1. The summed E-state index contributed by atoms with van der Waals surface area (Å²) in [6.45, 7) is 4.45. The fourth-order valence-electron chi connectivity index (χ4n) is 2.77. The largest absolute Gasteiger partial charge is 0.447 e. The summed E-state index contributed by atoms with van der Waals surface area (Å²) < 4.78 is 17.5. The van der Waals surface area contributed by atoms with Gasteiger partial charge in [0.15, 0.2) is 5.78 Å². The van der Waals surface area contributed by atoms with Crippen molar-refractivity contribution >= 4 is 21.7 Å². The standard InChI is InChI=1S/C15H18BrNO4/c1-11(16)20-15(17-6-8-19-9-7-17)10-13(18)12-4-2-3-5-14(12)21-15/h2-5,11H,6-10H2,1H3. The maximum atomic E-state index is 12.5. The molecule has 2 aliphatic rings. The highest BCUT2D eigenvalue weighted by Crippen LogP contribution is 2.37. The Morgan fingerprint density at radius 1 is 1.33 bits per heavy atom. The van der Waals surface area contributed by atoms with E-state index in [0.29, 0.717) is 37.6 Å². The van der Waals surface area contributed by atoms with Crippen molar-refractivity contribution in [2.24, 2.45) is 0 Å². The van der Waals surface area contributed by atoms with E-state index in [9.17, 15) is 4.79 Å². The van der Waals surface area contributed by atoms with Gasteiger partial charge in [-0.1, -0.05) is 28.1 Å². The smallest absolute Gasteiger partial charge is 0.281 e. The molecule has 0 radical (unpaired) electrons. The number of carbonyl (C=O) groups excluding carboxylic acids is 1. The van der Waals surface area contributed by atoms with Crippen molar-refractivity contribution in [3.05, 3.63) is 29.8 Å². The quantitative estimate of drug-likeness (QED) is 0.779. The average Bonchev–Trinajstić information content (AvgIpc) is 2.47. The Morgan fingerprint density at radius 3 is 2.76 bits per heavy atom. The molecular formula is C15H18BrNO4. The number of rotatable bonds is 3. The van der Waals surface area contributed by atoms with E-state index in [1.807, 2.05) is 30.0 Å². The predicted octanol–water partition coefficient (Wildman–Crippen LogP) is 2.40. The molecule has 5 nitrogen and oxygen atoms in total. The van der Waals surface area contributed by atoms with Crippen LogP contribution in [0.1, 0.15) is 23.7 Å². The van der Waals surface area contributed by atoms with Gasteiger partial charge in [0.1, 0.15) is 10.8 Å². The summed E-state index contributed by atoms with van der Waals surface area (Å²) >= 11 is 3.40. The van der Waals surface area contributed by atoms with E-state index in [2.05, 4.69) is 15.9 Å². The first-order valence-electron chi connectivity index (χ1n) is 7.07. The number of fused-ring (bicyclic) bond motifs is 1. The molecule has 21 heavy (non-hydrogen) atoms. The van der Waals surface area contributed by atoms with E-state index in [0.717, 1.165) is 0 Å². The number of para-hydroxylation sites is 1. The molecule has 0 bridgehead atoms. The van der Waals surface area contributed by atoms with Crippen LogP contribution in [0.3, 0.4) is 0 Å². The lowest BCUT2D eigenvalue weighted by Crippen LogP contribution is -2.61. The zero-order valence-electron chi connectivity index (χ0n) is 11.9. The van der Waals surface area contributed by atoms with Crippen molar-refractivity contribution in [3.63, 3.8) is 0 Å². The zero-order chi connectivity index (χ0) is 14.9. The number of carbonyl (C=O) groups is 1. The number of alkyl halides is 1. The van der Waals surface area contributed by atoms with Gasteiger partial charge in [-0.2, -0.15) is 0 Å². The molecule has 6 heteroatoms. The molecule has 0 aliphatic carbocycles. The first kappa shape index (κ1) is 15.0. The SMILES string of the molecule is CC(Br)OC1(N2CCOCC2)CC(=O)c2ccccc2O1. The molecule has 114 valence electrons. The van der Waals surface area contributed by atoms with Crippen molar-refractivity contribution in [1.82, 2.24) is 4.90 Å². The third kappa shape index (κ3) is 2.99. The molecule has 1 saturated heterocycles. The summed E-state index contributed by atoms with van der Waals surface area (Å²) in [6, 6.07) is 7.30. The molecule has 2 heterocycles. The molecular weight excluding hydrogens is 338 g/mol. The number of Topliss-reactive ketones (excluding diaryl/α,β-unsaturated/α-hetero) is 1. The molecule has 0 spiro atoms. The first-order chi connectivity index (χ1) is 10.1. The molecule has 0 aromatic heterocycles. The van der Waals surface area contributed by atoms with Gasteiger partial charge < -0.3 is 14.2 Å². The number of hydrogen-bond acceptors (Lipinski definition) is 5. The number of hydrogen-bond donors (Lipinski definition) is 0. The van der Waals surface area contributed by atoms with Gasteiger partial charge in [-0.25, -0.2) is 4.90 Å². The van der Waals surface area contributed by atoms with Gasteiger partial charge in [-0.3, -0.25) is 4.79 Å². The fraction of sp³-hybridized carbons (Fsp3) is 0.533. The van der Waals surface area contributed by atoms with Gasteiger partial charge in [0.2, 0.25) is 0 Å². The van der Waals surface area contributed by atoms with E-state index in [1.165, 1.54) is 0 Å². The Hall–Kier alpha value is -0.950. The monoisotopic (exact) mass is 355 g/mol. The zero-order valence-corrected chi connectivity index (χ0v) is 13.5. The molecule has 3 rings (SSSR count). The average molecular weight is 356 g/mol. The van der Waals surface area contributed by atoms with E-state index < -0.39 is 5.91 Å². The van der Waals surface area contributed by atoms with Crippen LogP contribution in [-0.2, 0) is 9.47 Å². The highest BCUT2D eigenvalue weighted by molar-refractivity contribution is 9.09. The highest BCUT2D eigenvalue weighted by Gasteiger charge is 2.48. The van der Waals surface area contributed by atoms with Crippen LogP contribution >= 0.6 is 15.9 Å². The number of halogens is 1. The number of benzene rings is 1. The maximum absolute atomic E-state index is 12.5. The van der Waals surface area contributed by atoms with Crippen LogP contribution in [-0.4, -0.2) is 47.9 Å². The predicted molar refractivity (Wildman–Crippen MR) is 80.6 cm³/mol. The van der Waals surface area contributed by atoms with Crippen molar-refractivity contribution in [2.75, 3.05) is 26.3 Å². The summed E-state index contributed by atoms with van der Waals surface area (Å²) in [7, 11) is 0. The summed E-state index contributed by atoms with van der Waals surface area (Å²) in [5, 5.41) is -0.224. The van der Waals surface area contributed by atoms with Crippen LogP contribution in [0.25, 0.3) is 0 Å². The Balaban J connectivity index is 1.95. The molecule has 0 N–H and O–H groups in total. The van der Waals surface area contributed by atoms with Gasteiger partial charge in [-0.15, -0.1) is 0 Å². The van der Waals surface area contributed by atoms with Crippen LogP contribution in [0.15, 0.2) is 24.3 Å². The van der Waals surface area contributed by atoms with Crippen molar-refractivity contribution < 1.29 is 19.0 Å². The summed E-state index contributed by atoms with van der Waals surface area (Å²) in [6.07, 6.45) is 0.181. The van der Waals surface area contributed by atoms with Crippen LogP contribution in [0, 0.1) is 0 Å². The second-order valence-corrected chi connectivity index (χ2v) is 6.46. The second kappa shape index (κ2) is 6.04. The van der Waals surface area contributed by atoms with E-state index >= 15 is 0 Å². The van der Waals surface area contributed by atoms with Crippen LogP contribution < -0.4 is 4.74 Å². The van der Waals surface area contributed by atoms with Gasteiger partial charge >= 0.3 is 0 Å². The molecule has 2 aliphatic heterocycles. The van der Waals surface area contributed by atoms with E-state index in [-0.39, 0.29) is 17.2 Å². The summed E-state index contributed by atoms with van der Waals surface area (Å²) in [5.74, 6) is -0.442. The van der Waals surface area contributed by atoms with Gasteiger partial charge in [0.25, 0.3) is 5.91 Å². The molecule has 0 amide bonds. The Morgan fingerprint density at radius 2 is 2.05 bits per heavy atom. The molecule has 1 aromatic carbocycles. The third-order valence-corrected chi connectivity index (χ3v) is 3.87. The number of morpholine rings is 1. The van der Waals surface area contributed by atoms with Crippen LogP contribution in [0.2, 0.25) is 0 Å².